The highest BCUT2D eigenvalue weighted by atomic mass is 35.5. The zero-order valence-electron chi connectivity index (χ0n) is 12.1. The largest absolute Gasteiger partial charge is 0.329 e. The van der Waals surface area contributed by atoms with Gasteiger partial charge >= 0.3 is 0 Å². The predicted octanol–water partition coefficient (Wildman–Crippen LogP) is 4.52. The van der Waals surface area contributed by atoms with E-state index < -0.39 is 0 Å². The second-order valence-electron chi connectivity index (χ2n) is 4.97. The molecule has 0 aliphatic rings. The summed E-state index contributed by atoms with van der Waals surface area (Å²) in [5.41, 5.74) is 8.26. The number of rotatable bonds is 6. The topological polar surface area (TPSA) is 29.3 Å². The third-order valence-electron chi connectivity index (χ3n) is 3.62. The molecule has 0 aromatic heterocycles. The lowest BCUT2D eigenvalue weighted by molar-refractivity contribution is 0.203. The van der Waals surface area contributed by atoms with Crippen LogP contribution in [0.5, 0.6) is 0 Å². The SMILES string of the molecule is CCN(Cc1ccccc1)C(CN)c1cc(Cl)ccc1Cl. The molecule has 1 unspecified atom stereocenters. The van der Waals surface area contributed by atoms with Gasteiger partial charge in [0.05, 0.1) is 0 Å². The van der Waals surface area contributed by atoms with Crippen molar-refractivity contribution in [1.82, 2.24) is 4.90 Å². The molecule has 0 fully saturated rings. The van der Waals surface area contributed by atoms with Crippen LogP contribution >= 0.6 is 23.2 Å². The van der Waals surface area contributed by atoms with Gasteiger partial charge in [0.25, 0.3) is 0 Å². The van der Waals surface area contributed by atoms with Crippen LogP contribution in [0.2, 0.25) is 10.0 Å². The van der Waals surface area contributed by atoms with Gasteiger partial charge in [-0.1, -0.05) is 60.5 Å². The summed E-state index contributed by atoms with van der Waals surface area (Å²) < 4.78 is 0. The molecule has 2 aromatic rings. The summed E-state index contributed by atoms with van der Waals surface area (Å²) in [7, 11) is 0. The van der Waals surface area contributed by atoms with Gasteiger partial charge in [-0.3, -0.25) is 4.90 Å². The van der Waals surface area contributed by atoms with E-state index in [1.807, 2.05) is 30.3 Å². The summed E-state index contributed by atoms with van der Waals surface area (Å²) in [4.78, 5) is 2.31. The van der Waals surface area contributed by atoms with Crippen LogP contribution in [0.1, 0.15) is 24.1 Å². The quantitative estimate of drug-likeness (QED) is 0.847. The number of hydrogen-bond donors (Lipinski definition) is 1. The van der Waals surface area contributed by atoms with Crippen molar-refractivity contribution < 1.29 is 0 Å². The number of hydrogen-bond acceptors (Lipinski definition) is 2. The first-order valence-electron chi connectivity index (χ1n) is 7.08. The molecule has 21 heavy (non-hydrogen) atoms. The van der Waals surface area contributed by atoms with Gasteiger partial charge < -0.3 is 5.73 Å². The third kappa shape index (κ3) is 4.21. The minimum absolute atomic E-state index is 0.0569. The lowest BCUT2D eigenvalue weighted by Gasteiger charge is -2.31. The van der Waals surface area contributed by atoms with Crippen LogP contribution in [0.25, 0.3) is 0 Å². The Kier molecular flexibility index (Phi) is 6.07. The molecule has 2 rings (SSSR count). The number of nitrogens with two attached hydrogens (primary N) is 1. The average Bonchev–Trinajstić information content (AvgIpc) is 2.51. The van der Waals surface area contributed by atoms with E-state index in [9.17, 15) is 0 Å². The Morgan fingerprint density at radius 1 is 1.10 bits per heavy atom. The molecule has 0 aliphatic heterocycles. The number of nitrogens with zero attached hydrogens (tertiary/aromatic N) is 1. The standard InChI is InChI=1S/C17H20Cl2N2/c1-2-21(12-13-6-4-3-5-7-13)17(11-20)15-10-14(18)8-9-16(15)19/h3-10,17H,2,11-12,20H2,1H3. The van der Waals surface area contributed by atoms with Crippen LogP contribution in [0.4, 0.5) is 0 Å². The Hall–Kier alpha value is -1.06. The van der Waals surface area contributed by atoms with Gasteiger partial charge in [-0.25, -0.2) is 0 Å². The minimum atomic E-state index is 0.0569. The van der Waals surface area contributed by atoms with Crippen LogP contribution in [0, 0.1) is 0 Å². The first-order chi connectivity index (χ1) is 10.2. The summed E-state index contributed by atoms with van der Waals surface area (Å²) in [6, 6.07) is 16.0. The zero-order chi connectivity index (χ0) is 15.2. The van der Waals surface area contributed by atoms with E-state index in [0.29, 0.717) is 16.6 Å². The summed E-state index contributed by atoms with van der Waals surface area (Å²) in [6.07, 6.45) is 0. The van der Waals surface area contributed by atoms with Gasteiger partial charge in [0.1, 0.15) is 0 Å². The molecule has 4 heteroatoms. The number of halogens is 2. The molecule has 0 radical (unpaired) electrons. The van der Waals surface area contributed by atoms with E-state index >= 15 is 0 Å². The maximum atomic E-state index is 6.33. The summed E-state index contributed by atoms with van der Waals surface area (Å²) >= 11 is 12.4. The van der Waals surface area contributed by atoms with Gasteiger partial charge in [0.2, 0.25) is 0 Å². The molecule has 2 N–H and O–H groups in total. The van der Waals surface area contributed by atoms with Crippen molar-refractivity contribution in [3.05, 3.63) is 69.7 Å². The molecule has 0 aliphatic carbocycles. The van der Waals surface area contributed by atoms with Crippen molar-refractivity contribution in [2.24, 2.45) is 5.73 Å². The second-order valence-corrected chi connectivity index (χ2v) is 5.81. The number of likely N-dealkylation sites (N-methyl/N-ethyl adjacent to an activating group) is 1. The van der Waals surface area contributed by atoms with Crippen molar-refractivity contribution >= 4 is 23.2 Å². The van der Waals surface area contributed by atoms with E-state index in [0.717, 1.165) is 18.7 Å². The van der Waals surface area contributed by atoms with Gasteiger partial charge in [-0.05, 0) is 35.9 Å². The van der Waals surface area contributed by atoms with Gasteiger partial charge in [-0.2, -0.15) is 0 Å². The lowest BCUT2D eigenvalue weighted by Crippen LogP contribution is -2.33. The van der Waals surface area contributed by atoms with Gasteiger partial charge in [-0.15, -0.1) is 0 Å². The lowest BCUT2D eigenvalue weighted by atomic mass is 10.0. The fourth-order valence-corrected chi connectivity index (χ4v) is 2.93. The summed E-state index contributed by atoms with van der Waals surface area (Å²) in [6.45, 7) is 4.35. The average molecular weight is 323 g/mol. The highest BCUT2D eigenvalue weighted by molar-refractivity contribution is 6.33. The van der Waals surface area contributed by atoms with Crippen LogP contribution in [0.3, 0.4) is 0 Å². The molecule has 0 saturated heterocycles. The zero-order valence-corrected chi connectivity index (χ0v) is 13.6. The third-order valence-corrected chi connectivity index (χ3v) is 4.20. The molecular weight excluding hydrogens is 303 g/mol. The minimum Gasteiger partial charge on any atom is -0.329 e. The Morgan fingerprint density at radius 2 is 1.81 bits per heavy atom. The Labute approximate surface area is 136 Å². The molecule has 0 saturated carbocycles. The Balaban J connectivity index is 2.27. The van der Waals surface area contributed by atoms with Crippen molar-refractivity contribution in [2.75, 3.05) is 13.1 Å². The van der Waals surface area contributed by atoms with Gasteiger partial charge in [0.15, 0.2) is 0 Å². The van der Waals surface area contributed by atoms with Crippen molar-refractivity contribution in [1.29, 1.82) is 0 Å². The molecule has 0 amide bonds. The van der Waals surface area contributed by atoms with E-state index in [-0.39, 0.29) is 6.04 Å². The van der Waals surface area contributed by atoms with E-state index in [2.05, 4.69) is 24.0 Å². The summed E-state index contributed by atoms with van der Waals surface area (Å²) in [5.74, 6) is 0. The molecular formula is C17H20Cl2N2. The molecule has 0 heterocycles. The Bertz CT molecular complexity index is 572. The van der Waals surface area contributed by atoms with Crippen LogP contribution in [0.15, 0.2) is 48.5 Å². The van der Waals surface area contributed by atoms with Gasteiger partial charge in [0, 0.05) is 29.2 Å². The van der Waals surface area contributed by atoms with E-state index in [4.69, 9.17) is 28.9 Å². The highest BCUT2D eigenvalue weighted by Gasteiger charge is 2.20. The molecule has 0 spiro atoms. The first kappa shape index (κ1) is 16.3. The van der Waals surface area contributed by atoms with E-state index in [1.165, 1.54) is 5.56 Å². The molecule has 112 valence electrons. The number of benzene rings is 2. The van der Waals surface area contributed by atoms with Crippen molar-refractivity contribution in [3.63, 3.8) is 0 Å². The molecule has 0 bridgehead atoms. The first-order valence-corrected chi connectivity index (χ1v) is 7.84. The maximum Gasteiger partial charge on any atom is 0.0489 e. The fourth-order valence-electron chi connectivity index (χ4n) is 2.50. The molecule has 1 atom stereocenters. The normalized spacial score (nSPS) is 12.6. The van der Waals surface area contributed by atoms with Crippen LogP contribution in [-0.4, -0.2) is 18.0 Å². The maximum absolute atomic E-state index is 6.33. The monoisotopic (exact) mass is 322 g/mol. The smallest absolute Gasteiger partial charge is 0.0489 e. The Morgan fingerprint density at radius 3 is 2.43 bits per heavy atom. The van der Waals surface area contributed by atoms with Crippen molar-refractivity contribution in [2.45, 2.75) is 19.5 Å². The highest BCUT2D eigenvalue weighted by Crippen LogP contribution is 2.30. The molecule has 2 aromatic carbocycles. The van der Waals surface area contributed by atoms with Crippen molar-refractivity contribution in [3.8, 4) is 0 Å². The fraction of sp³-hybridized carbons (Fsp3) is 0.294. The second kappa shape index (κ2) is 7.81. The van der Waals surface area contributed by atoms with E-state index in [1.54, 1.807) is 6.07 Å². The predicted molar refractivity (Wildman–Crippen MR) is 90.8 cm³/mol. The molecule has 2 nitrogen and oxygen atoms in total. The van der Waals surface area contributed by atoms with Crippen LogP contribution < -0.4 is 5.73 Å². The van der Waals surface area contributed by atoms with Crippen LogP contribution in [-0.2, 0) is 6.54 Å². The summed E-state index contributed by atoms with van der Waals surface area (Å²) in [5, 5.41) is 1.39.